The van der Waals surface area contributed by atoms with Crippen LogP contribution < -0.4 is 10.6 Å². The van der Waals surface area contributed by atoms with Crippen LogP contribution in [0, 0.1) is 11.3 Å². The molecule has 1 aromatic rings. The molecule has 4 nitrogen and oxygen atoms in total. The van der Waals surface area contributed by atoms with E-state index < -0.39 is 0 Å². The molecule has 0 radical (unpaired) electrons. The van der Waals surface area contributed by atoms with Crippen LogP contribution in [0.5, 0.6) is 0 Å². The first-order valence-corrected chi connectivity index (χ1v) is 9.86. The van der Waals surface area contributed by atoms with Crippen LogP contribution in [0.3, 0.4) is 0 Å². The van der Waals surface area contributed by atoms with E-state index in [1.54, 1.807) is 0 Å². The van der Waals surface area contributed by atoms with E-state index in [1.165, 1.54) is 43.4 Å². The molecule has 1 saturated heterocycles. The molecule has 126 valence electrons. The molecule has 2 aliphatic carbocycles. The minimum atomic E-state index is 0.0557. The van der Waals surface area contributed by atoms with Gasteiger partial charge in [0.2, 0.25) is 0 Å². The zero-order valence-corrected chi connectivity index (χ0v) is 14.4. The van der Waals surface area contributed by atoms with E-state index >= 15 is 0 Å². The van der Waals surface area contributed by atoms with Crippen LogP contribution in [0.1, 0.15) is 48.2 Å². The maximum Gasteiger partial charge on any atom is 0.261 e. The van der Waals surface area contributed by atoms with Gasteiger partial charge in [-0.05, 0) is 43.7 Å². The van der Waals surface area contributed by atoms with Crippen molar-refractivity contribution in [3.63, 3.8) is 0 Å². The fraction of sp³-hybridized carbons (Fsp3) is 0.722. The minimum absolute atomic E-state index is 0.0557. The smallest absolute Gasteiger partial charge is 0.261 e. The zero-order chi connectivity index (χ0) is 15.7. The van der Waals surface area contributed by atoms with Crippen LogP contribution >= 0.6 is 11.3 Å². The fourth-order valence-corrected chi connectivity index (χ4v) is 5.69. The van der Waals surface area contributed by atoms with Crippen LogP contribution in [0.15, 0.2) is 17.5 Å². The molecule has 1 aromatic heterocycles. The number of thiophene rings is 1. The molecule has 2 heterocycles. The van der Waals surface area contributed by atoms with Gasteiger partial charge < -0.3 is 15.4 Å². The van der Waals surface area contributed by atoms with E-state index in [2.05, 4.69) is 10.6 Å². The maximum absolute atomic E-state index is 11.9. The predicted octanol–water partition coefficient (Wildman–Crippen LogP) is 2.81. The summed E-state index contributed by atoms with van der Waals surface area (Å²) in [5, 5.41) is 8.75. The van der Waals surface area contributed by atoms with E-state index in [9.17, 15) is 4.79 Å². The molecule has 3 atom stereocenters. The monoisotopic (exact) mass is 334 g/mol. The third-order valence-electron chi connectivity index (χ3n) is 6.03. The van der Waals surface area contributed by atoms with Gasteiger partial charge in [0.15, 0.2) is 0 Å². The number of ether oxygens (including phenoxy) is 1. The van der Waals surface area contributed by atoms with Crippen molar-refractivity contribution >= 4 is 17.2 Å². The first kappa shape index (κ1) is 15.6. The minimum Gasteiger partial charge on any atom is -0.377 e. The number of hydrogen-bond acceptors (Lipinski definition) is 4. The summed E-state index contributed by atoms with van der Waals surface area (Å²) in [6.45, 7) is 2.68. The van der Waals surface area contributed by atoms with Crippen LogP contribution in [-0.4, -0.2) is 37.7 Å². The van der Waals surface area contributed by atoms with Crippen molar-refractivity contribution < 1.29 is 9.53 Å². The molecule has 2 N–H and O–H groups in total. The van der Waals surface area contributed by atoms with Gasteiger partial charge in [-0.15, -0.1) is 11.3 Å². The average Bonchev–Trinajstić information content (AvgIpc) is 3.31. The van der Waals surface area contributed by atoms with Gasteiger partial charge in [-0.2, -0.15) is 0 Å². The van der Waals surface area contributed by atoms with Crippen molar-refractivity contribution in [3.05, 3.63) is 22.4 Å². The van der Waals surface area contributed by atoms with E-state index in [0.29, 0.717) is 17.6 Å². The van der Waals surface area contributed by atoms with Gasteiger partial charge in [-0.1, -0.05) is 18.9 Å². The number of amides is 1. The molecule has 0 bridgehead atoms. The van der Waals surface area contributed by atoms with Crippen LogP contribution in [0.2, 0.25) is 0 Å². The van der Waals surface area contributed by atoms with E-state index in [1.807, 2.05) is 17.5 Å². The summed E-state index contributed by atoms with van der Waals surface area (Å²) in [5.74, 6) is 0.786. The molecule has 4 rings (SSSR count). The van der Waals surface area contributed by atoms with Crippen molar-refractivity contribution in [2.75, 3.05) is 19.7 Å². The quantitative estimate of drug-likeness (QED) is 0.787. The summed E-state index contributed by atoms with van der Waals surface area (Å²) in [6.07, 6.45) is 8.13. The molecule has 0 aromatic carbocycles. The van der Waals surface area contributed by atoms with Crippen LogP contribution in [0.25, 0.3) is 0 Å². The first-order valence-electron chi connectivity index (χ1n) is 8.98. The SMILES string of the molecule is O=C(NCCCN[C@@H]1[C@H]2CCO[C@H]2C12CCCC2)c1cccs1. The van der Waals surface area contributed by atoms with E-state index in [4.69, 9.17) is 4.74 Å². The van der Waals surface area contributed by atoms with Crippen molar-refractivity contribution in [3.8, 4) is 0 Å². The maximum atomic E-state index is 11.9. The Morgan fingerprint density at radius 3 is 3.00 bits per heavy atom. The van der Waals surface area contributed by atoms with E-state index in [0.717, 1.165) is 36.9 Å². The molecular weight excluding hydrogens is 308 g/mol. The highest BCUT2D eigenvalue weighted by molar-refractivity contribution is 7.12. The molecule has 5 heteroatoms. The lowest BCUT2D eigenvalue weighted by Gasteiger charge is -2.57. The standard InChI is InChI=1S/C18H26N2O2S/c21-17(14-5-3-12-23-14)20-10-4-9-19-15-13-6-11-22-16(13)18(15)7-1-2-8-18/h3,5,12-13,15-16,19H,1-2,4,6-11H2,(H,20,21)/t13-,15-,16-/m1/s1. The highest BCUT2D eigenvalue weighted by atomic mass is 32.1. The number of rotatable bonds is 6. The molecule has 1 spiro atoms. The largest absolute Gasteiger partial charge is 0.377 e. The third-order valence-corrected chi connectivity index (χ3v) is 6.90. The molecule has 23 heavy (non-hydrogen) atoms. The molecule has 1 aliphatic heterocycles. The predicted molar refractivity (Wildman–Crippen MR) is 91.8 cm³/mol. The Balaban J connectivity index is 1.21. The molecule has 3 fully saturated rings. The van der Waals surface area contributed by atoms with Gasteiger partial charge in [0.05, 0.1) is 11.0 Å². The van der Waals surface area contributed by atoms with E-state index in [-0.39, 0.29) is 5.91 Å². The molecule has 2 saturated carbocycles. The Kier molecular flexibility index (Phi) is 4.43. The lowest BCUT2D eigenvalue weighted by atomic mass is 9.54. The van der Waals surface area contributed by atoms with Gasteiger partial charge >= 0.3 is 0 Å². The van der Waals surface area contributed by atoms with Crippen molar-refractivity contribution in [1.82, 2.24) is 10.6 Å². The van der Waals surface area contributed by atoms with Gasteiger partial charge in [0, 0.05) is 30.5 Å². The highest BCUT2D eigenvalue weighted by Crippen LogP contribution is 2.60. The van der Waals surface area contributed by atoms with Gasteiger partial charge in [0.1, 0.15) is 0 Å². The second kappa shape index (κ2) is 6.54. The summed E-state index contributed by atoms with van der Waals surface area (Å²) in [5.41, 5.74) is 0.432. The Morgan fingerprint density at radius 2 is 2.22 bits per heavy atom. The number of nitrogens with one attached hydrogen (secondary N) is 2. The second-order valence-electron chi connectivity index (χ2n) is 7.20. The summed E-state index contributed by atoms with van der Waals surface area (Å²) in [6, 6.07) is 4.43. The lowest BCUT2D eigenvalue weighted by Crippen LogP contribution is -2.67. The molecule has 1 amide bonds. The van der Waals surface area contributed by atoms with Crippen molar-refractivity contribution in [1.29, 1.82) is 0 Å². The van der Waals surface area contributed by atoms with Gasteiger partial charge in [-0.25, -0.2) is 0 Å². The first-order chi connectivity index (χ1) is 11.3. The number of carbonyl (C=O) groups is 1. The Morgan fingerprint density at radius 1 is 1.35 bits per heavy atom. The molecule has 0 unspecified atom stereocenters. The topological polar surface area (TPSA) is 50.4 Å². The third kappa shape index (κ3) is 2.73. The summed E-state index contributed by atoms with van der Waals surface area (Å²) in [4.78, 5) is 12.7. The number of fused-ring (bicyclic) bond motifs is 2. The number of carbonyl (C=O) groups excluding carboxylic acids is 1. The zero-order valence-electron chi connectivity index (χ0n) is 13.6. The second-order valence-corrected chi connectivity index (χ2v) is 8.15. The van der Waals surface area contributed by atoms with Crippen LogP contribution in [-0.2, 0) is 4.74 Å². The summed E-state index contributed by atoms with van der Waals surface area (Å²) >= 11 is 1.49. The fourth-order valence-electron chi connectivity index (χ4n) is 5.05. The molecular formula is C18H26N2O2S. The highest BCUT2D eigenvalue weighted by Gasteiger charge is 2.64. The Labute approximate surface area is 142 Å². The van der Waals surface area contributed by atoms with Crippen molar-refractivity contribution in [2.45, 2.75) is 50.7 Å². The normalized spacial score (nSPS) is 31.0. The van der Waals surface area contributed by atoms with Crippen LogP contribution in [0.4, 0.5) is 0 Å². The van der Waals surface area contributed by atoms with Gasteiger partial charge in [-0.3, -0.25) is 4.79 Å². The lowest BCUT2D eigenvalue weighted by molar-refractivity contribution is -0.130. The molecule has 3 aliphatic rings. The number of hydrogen-bond donors (Lipinski definition) is 2. The average molecular weight is 334 g/mol. The Bertz CT molecular complexity index is 539. The summed E-state index contributed by atoms with van der Waals surface area (Å²) < 4.78 is 6.02. The summed E-state index contributed by atoms with van der Waals surface area (Å²) in [7, 11) is 0. The van der Waals surface area contributed by atoms with Gasteiger partial charge in [0.25, 0.3) is 5.91 Å². The Hall–Kier alpha value is -0.910. The van der Waals surface area contributed by atoms with Crippen molar-refractivity contribution in [2.24, 2.45) is 11.3 Å².